The summed E-state index contributed by atoms with van der Waals surface area (Å²) in [6.07, 6.45) is -0.847. The second-order valence-corrected chi connectivity index (χ2v) is 6.79. The first-order valence-corrected chi connectivity index (χ1v) is 9.11. The Balaban J connectivity index is 1.56. The summed E-state index contributed by atoms with van der Waals surface area (Å²) in [6.45, 7) is 6.18. The smallest absolute Gasteiger partial charge is 0.341 e. The minimum absolute atomic E-state index is 0.178. The van der Waals surface area contributed by atoms with Crippen molar-refractivity contribution in [1.82, 2.24) is 4.90 Å². The molecule has 1 atom stereocenters. The van der Waals surface area contributed by atoms with E-state index in [0.29, 0.717) is 24.3 Å². The Bertz CT molecular complexity index is 815. The van der Waals surface area contributed by atoms with Crippen LogP contribution in [0.15, 0.2) is 48.5 Å². The average Bonchev–Trinajstić information content (AvgIpc) is 2.70. The van der Waals surface area contributed by atoms with E-state index < -0.39 is 12.1 Å². The lowest BCUT2D eigenvalue weighted by molar-refractivity contribution is -0.140. The fourth-order valence-electron chi connectivity index (χ4n) is 3.20. The molecule has 142 valence electrons. The molecule has 2 aromatic rings. The number of ether oxygens (including phenoxy) is 1. The quantitative estimate of drug-likeness (QED) is 0.664. The van der Waals surface area contributed by atoms with Crippen LogP contribution in [-0.4, -0.2) is 49.1 Å². The molecule has 3 rings (SSSR count). The third-order valence-corrected chi connectivity index (χ3v) is 4.77. The normalized spacial score (nSPS) is 15.3. The van der Waals surface area contributed by atoms with E-state index in [2.05, 4.69) is 17.0 Å². The van der Waals surface area contributed by atoms with Gasteiger partial charge in [-0.05, 0) is 38.1 Å². The maximum atomic E-state index is 12.7. The molecule has 1 fully saturated rings. The van der Waals surface area contributed by atoms with Crippen molar-refractivity contribution in [3.8, 4) is 0 Å². The molecule has 0 unspecified atom stereocenters. The van der Waals surface area contributed by atoms with Crippen molar-refractivity contribution in [2.24, 2.45) is 0 Å². The third kappa shape index (κ3) is 4.39. The monoisotopic (exact) mass is 367 g/mol. The van der Waals surface area contributed by atoms with Crippen LogP contribution in [0.2, 0.25) is 0 Å². The van der Waals surface area contributed by atoms with Gasteiger partial charge in [0.15, 0.2) is 6.10 Å². The van der Waals surface area contributed by atoms with E-state index in [-0.39, 0.29) is 5.91 Å². The van der Waals surface area contributed by atoms with E-state index in [1.54, 1.807) is 24.0 Å². The Labute approximate surface area is 159 Å². The van der Waals surface area contributed by atoms with Crippen LogP contribution in [0.1, 0.15) is 22.8 Å². The number of hydrogen-bond acceptors (Lipinski definition) is 5. The molecule has 27 heavy (non-hydrogen) atoms. The van der Waals surface area contributed by atoms with Gasteiger partial charge in [-0.2, -0.15) is 0 Å². The number of nitrogen functional groups attached to an aromatic ring is 1. The van der Waals surface area contributed by atoms with Crippen LogP contribution in [0.25, 0.3) is 0 Å². The first-order chi connectivity index (χ1) is 13.0. The summed E-state index contributed by atoms with van der Waals surface area (Å²) in [6, 6.07) is 15.3. The van der Waals surface area contributed by atoms with Gasteiger partial charge >= 0.3 is 5.97 Å². The number of anilines is 2. The lowest BCUT2D eigenvalue weighted by Gasteiger charge is -2.37. The Morgan fingerprint density at radius 1 is 1.04 bits per heavy atom. The lowest BCUT2D eigenvalue weighted by Crippen LogP contribution is -2.51. The molecule has 1 amide bonds. The molecule has 0 aromatic heterocycles. The highest BCUT2D eigenvalue weighted by Crippen LogP contribution is 2.18. The van der Waals surface area contributed by atoms with Gasteiger partial charge in [-0.1, -0.05) is 29.8 Å². The summed E-state index contributed by atoms with van der Waals surface area (Å²) in [7, 11) is 0. The predicted octanol–water partition coefficient (Wildman–Crippen LogP) is 2.47. The fraction of sp³-hybridized carbons (Fsp3) is 0.333. The minimum atomic E-state index is -0.847. The van der Waals surface area contributed by atoms with Gasteiger partial charge in [0.25, 0.3) is 5.91 Å². The molecule has 2 N–H and O–H groups in total. The Hall–Kier alpha value is -3.02. The van der Waals surface area contributed by atoms with Crippen LogP contribution in [0.3, 0.4) is 0 Å². The lowest BCUT2D eigenvalue weighted by atomic mass is 10.1. The predicted molar refractivity (Wildman–Crippen MR) is 106 cm³/mol. The van der Waals surface area contributed by atoms with Crippen LogP contribution in [-0.2, 0) is 9.53 Å². The minimum Gasteiger partial charge on any atom is -0.449 e. The van der Waals surface area contributed by atoms with Crippen molar-refractivity contribution in [3.05, 3.63) is 59.7 Å². The molecule has 2 aromatic carbocycles. The van der Waals surface area contributed by atoms with E-state index in [4.69, 9.17) is 10.5 Å². The van der Waals surface area contributed by atoms with Crippen molar-refractivity contribution in [2.45, 2.75) is 20.0 Å². The first kappa shape index (κ1) is 18.8. The standard InChI is InChI=1S/C21H25N3O3/c1-15-8-9-19(22)18(14-15)21(26)27-16(2)20(25)24-12-10-23(11-13-24)17-6-4-3-5-7-17/h3-9,14,16H,10-13,22H2,1-2H3/t16-/m0/s1. The van der Waals surface area contributed by atoms with Gasteiger partial charge in [0.1, 0.15) is 0 Å². The van der Waals surface area contributed by atoms with Gasteiger partial charge in [-0.15, -0.1) is 0 Å². The molecule has 0 saturated carbocycles. The van der Waals surface area contributed by atoms with Gasteiger partial charge in [0.05, 0.1) is 5.56 Å². The maximum Gasteiger partial charge on any atom is 0.341 e. The van der Waals surface area contributed by atoms with E-state index >= 15 is 0 Å². The number of nitrogens with zero attached hydrogens (tertiary/aromatic N) is 2. The molecule has 6 nitrogen and oxygen atoms in total. The van der Waals surface area contributed by atoms with Crippen molar-refractivity contribution in [1.29, 1.82) is 0 Å². The Morgan fingerprint density at radius 3 is 2.37 bits per heavy atom. The molecule has 0 radical (unpaired) electrons. The molecule has 0 bridgehead atoms. The number of benzene rings is 2. The maximum absolute atomic E-state index is 12.7. The third-order valence-electron chi connectivity index (χ3n) is 4.77. The number of carbonyl (C=O) groups excluding carboxylic acids is 2. The van der Waals surface area contributed by atoms with Crippen LogP contribution in [0.5, 0.6) is 0 Å². The number of amides is 1. The summed E-state index contributed by atoms with van der Waals surface area (Å²) in [5.74, 6) is -0.748. The van der Waals surface area contributed by atoms with Crippen molar-refractivity contribution in [2.75, 3.05) is 36.8 Å². The topological polar surface area (TPSA) is 75.9 Å². The highest BCUT2D eigenvalue weighted by Gasteiger charge is 2.28. The second-order valence-electron chi connectivity index (χ2n) is 6.79. The molecule has 0 aliphatic carbocycles. The molecule has 1 aliphatic heterocycles. The zero-order valence-electron chi connectivity index (χ0n) is 15.7. The Kier molecular flexibility index (Phi) is 5.64. The molecule has 1 aliphatic rings. The number of aryl methyl sites for hydroxylation is 1. The number of esters is 1. The van der Waals surface area contributed by atoms with Gasteiger partial charge in [0, 0.05) is 37.6 Å². The van der Waals surface area contributed by atoms with Crippen LogP contribution < -0.4 is 10.6 Å². The molecular formula is C21H25N3O3. The highest BCUT2D eigenvalue weighted by atomic mass is 16.5. The van der Waals surface area contributed by atoms with Gasteiger partial charge in [-0.3, -0.25) is 4.79 Å². The second kappa shape index (κ2) is 8.12. The van der Waals surface area contributed by atoms with E-state index in [9.17, 15) is 9.59 Å². The number of para-hydroxylation sites is 1. The average molecular weight is 367 g/mol. The molecule has 6 heteroatoms. The van der Waals surface area contributed by atoms with Gasteiger partial charge in [0.2, 0.25) is 0 Å². The Morgan fingerprint density at radius 2 is 1.70 bits per heavy atom. The SMILES string of the molecule is Cc1ccc(N)c(C(=O)O[C@@H](C)C(=O)N2CCN(c3ccccc3)CC2)c1. The van der Waals surface area contributed by atoms with Crippen molar-refractivity contribution >= 4 is 23.3 Å². The van der Waals surface area contributed by atoms with Gasteiger partial charge in [-0.25, -0.2) is 4.79 Å². The summed E-state index contributed by atoms with van der Waals surface area (Å²) < 4.78 is 5.37. The van der Waals surface area contributed by atoms with Crippen molar-refractivity contribution in [3.63, 3.8) is 0 Å². The zero-order valence-corrected chi connectivity index (χ0v) is 15.7. The van der Waals surface area contributed by atoms with Crippen LogP contribution in [0, 0.1) is 6.92 Å². The van der Waals surface area contributed by atoms with Crippen LogP contribution >= 0.6 is 0 Å². The largest absolute Gasteiger partial charge is 0.449 e. The van der Waals surface area contributed by atoms with Crippen LogP contribution in [0.4, 0.5) is 11.4 Å². The molecule has 1 heterocycles. The summed E-state index contributed by atoms with van der Waals surface area (Å²) in [4.78, 5) is 29.0. The number of hydrogen-bond donors (Lipinski definition) is 1. The number of rotatable bonds is 4. The van der Waals surface area contributed by atoms with E-state index in [0.717, 1.165) is 24.3 Å². The van der Waals surface area contributed by atoms with E-state index in [1.807, 2.05) is 31.2 Å². The number of nitrogens with two attached hydrogens (primary N) is 1. The summed E-state index contributed by atoms with van der Waals surface area (Å²) in [5, 5.41) is 0. The number of carbonyl (C=O) groups is 2. The zero-order chi connectivity index (χ0) is 19.4. The first-order valence-electron chi connectivity index (χ1n) is 9.11. The molecular weight excluding hydrogens is 342 g/mol. The van der Waals surface area contributed by atoms with Gasteiger partial charge < -0.3 is 20.3 Å². The summed E-state index contributed by atoms with van der Waals surface area (Å²) in [5.41, 5.74) is 8.56. The number of piperazine rings is 1. The molecule has 0 spiro atoms. The molecule has 1 saturated heterocycles. The van der Waals surface area contributed by atoms with E-state index in [1.165, 1.54) is 0 Å². The fourth-order valence-corrected chi connectivity index (χ4v) is 3.20. The van der Waals surface area contributed by atoms with Crippen molar-refractivity contribution < 1.29 is 14.3 Å². The summed E-state index contributed by atoms with van der Waals surface area (Å²) >= 11 is 0. The highest BCUT2D eigenvalue weighted by molar-refractivity contribution is 5.97.